The van der Waals surface area contributed by atoms with Gasteiger partial charge in [-0.05, 0) is 24.7 Å². The van der Waals surface area contributed by atoms with Crippen molar-refractivity contribution < 1.29 is 0 Å². The van der Waals surface area contributed by atoms with E-state index >= 15 is 0 Å². The summed E-state index contributed by atoms with van der Waals surface area (Å²) in [6.45, 7) is 3.63. The molecule has 1 N–H and O–H groups in total. The number of nitrogens with one attached hydrogen (secondary N) is 1. The molecule has 18 heavy (non-hydrogen) atoms. The first-order chi connectivity index (χ1) is 8.67. The largest absolute Gasteiger partial charge is 0.295 e. The average Bonchev–Trinajstić information content (AvgIpc) is 2.76. The van der Waals surface area contributed by atoms with Gasteiger partial charge in [-0.2, -0.15) is 5.10 Å². The van der Waals surface area contributed by atoms with Crippen LogP contribution in [-0.4, -0.2) is 27.1 Å². The molecule has 0 radical (unpaired) electrons. The number of aryl methyl sites for hydroxylation is 1. The first kappa shape index (κ1) is 13.1. The third kappa shape index (κ3) is 3.55. The lowest BCUT2D eigenvalue weighted by Gasteiger charge is -2.14. The third-order valence-electron chi connectivity index (χ3n) is 2.66. The molecule has 1 aromatic carbocycles. The minimum absolute atomic E-state index is 0.750. The van der Waals surface area contributed by atoms with Crippen molar-refractivity contribution in [1.29, 1.82) is 0 Å². The highest BCUT2D eigenvalue weighted by atomic mass is 35.5. The maximum atomic E-state index is 5.96. The van der Waals surface area contributed by atoms with Crippen LogP contribution >= 0.6 is 11.6 Å². The van der Waals surface area contributed by atoms with Gasteiger partial charge in [0.2, 0.25) is 0 Å². The smallest absolute Gasteiger partial charge is 0.150 e. The maximum Gasteiger partial charge on any atom is 0.150 e. The van der Waals surface area contributed by atoms with Crippen molar-refractivity contribution in [3.05, 3.63) is 46.5 Å². The quantitative estimate of drug-likeness (QED) is 0.903. The van der Waals surface area contributed by atoms with Gasteiger partial charge in [-0.3, -0.25) is 10.00 Å². The minimum atomic E-state index is 0.750. The molecule has 2 aromatic rings. The van der Waals surface area contributed by atoms with Crippen LogP contribution in [0.1, 0.15) is 24.1 Å². The zero-order valence-corrected chi connectivity index (χ0v) is 11.4. The molecule has 0 saturated carbocycles. The first-order valence-electron chi connectivity index (χ1n) is 6.00. The summed E-state index contributed by atoms with van der Waals surface area (Å²) < 4.78 is 0. The second-order valence-electron chi connectivity index (χ2n) is 4.35. The number of aromatic amines is 1. The Kier molecular flexibility index (Phi) is 4.33. The van der Waals surface area contributed by atoms with Crippen LogP contribution in [-0.2, 0) is 19.5 Å². The summed E-state index contributed by atoms with van der Waals surface area (Å²) in [6, 6.07) is 7.90. The highest BCUT2D eigenvalue weighted by Crippen LogP contribution is 2.12. The molecule has 0 atom stereocenters. The third-order valence-corrected chi connectivity index (χ3v) is 2.89. The fourth-order valence-electron chi connectivity index (χ4n) is 1.82. The standard InChI is InChI=1S/C13H17ClN4/c1-3-12-15-13(17-16-12)9-18(2)8-10-5-4-6-11(14)7-10/h4-7H,3,8-9H2,1-2H3,(H,15,16,17). The van der Waals surface area contributed by atoms with E-state index in [4.69, 9.17) is 11.6 Å². The van der Waals surface area contributed by atoms with Crippen molar-refractivity contribution >= 4 is 11.6 Å². The van der Waals surface area contributed by atoms with Gasteiger partial charge in [-0.25, -0.2) is 4.98 Å². The molecule has 0 saturated heterocycles. The summed E-state index contributed by atoms with van der Waals surface area (Å²) >= 11 is 5.96. The Bertz CT molecular complexity index is 509. The van der Waals surface area contributed by atoms with Crippen LogP contribution < -0.4 is 0 Å². The highest BCUT2D eigenvalue weighted by Gasteiger charge is 2.06. The van der Waals surface area contributed by atoms with Crippen molar-refractivity contribution in [2.24, 2.45) is 0 Å². The molecule has 0 aliphatic carbocycles. The summed E-state index contributed by atoms with van der Waals surface area (Å²) in [7, 11) is 2.05. The molecule has 96 valence electrons. The van der Waals surface area contributed by atoms with Crippen LogP contribution in [0.5, 0.6) is 0 Å². The van der Waals surface area contributed by atoms with Gasteiger partial charge in [0.1, 0.15) is 11.6 Å². The number of halogens is 1. The summed E-state index contributed by atoms with van der Waals surface area (Å²) in [5, 5.41) is 7.85. The number of hydrogen-bond acceptors (Lipinski definition) is 3. The monoisotopic (exact) mass is 264 g/mol. The summed E-state index contributed by atoms with van der Waals surface area (Å²) in [4.78, 5) is 6.57. The van der Waals surface area contributed by atoms with Gasteiger partial charge in [0.05, 0.1) is 6.54 Å². The molecule has 0 spiro atoms. The molecule has 0 amide bonds. The van der Waals surface area contributed by atoms with E-state index in [2.05, 4.69) is 33.2 Å². The van der Waals surface area contributed by atoms with E-state index in [1.807, 2.05) is 25.1 Å². The van der Waals surface area contributed by atoms with Gasteiger partial charge in [-0.15, -0.1) is 0 Å². The molecule has 0 fully saturated rings. The molecular weight excluding hydrogens is 248 g/mol. The Morgan fingerprint density at radius 2 is 2.17 bits per heavy atom. The first-order valence-corrected chi connectivity index (χ1v) is 6.38. The van der Waals surface area contributed by atoms with Crippen molar-refractivity contribution in [3.63, 3.8) is 0 Å². The lowest BCUT2D eigenvalue weighted by Crippen LogP contribution is -2.18. The Balaban J connectivity index is 1.94. The van der Waals surface area contributed by atoms with E-state index in [0.29, 0.717) is 0 Å². The van der Waals surface area contributed by atoms with E-state index in [1.54, 1.807) is 0 Å². The van der Waals surface area contributed by atoms with Crippen molar-refractivity contribution in [2.45, 2.75) is 26.4 Å². The zero-order chi connectivity index (χ0) is 13.0. The van der Waals surface area contributed by atoms with E-state index in [9.17, 15) is 0 Å². The topological polar surface area (TPSA) is 44.8 Å². The molecule has 1 aromatic heterocycles. The molecule has 2 rings (SSSR count). The summed E-state index contributed by atoms with van der Waals surface area (Å²) in [6.07, 6.45) is 0.856. The van der Waals surface area contributed by atoms with E-state index in [-0.39, 0.29) is 0 Å². The van der Waals surface area contributed by atoms with Crippen molar-refractivity contribution in [3.8, 4) is 0 Å². The number of hydrogen-bond donors (Lipinski definition) is 1. The van der Waals surface area contributed by atoms with Crippen LogP contribution in [0.15, 0.2) is 24.3 Å². The Labute approximate surface area is 112 Å². The van der Waals surface area contributed by atoms with Gasteiger partial charge in [-0.1, -0.05) is 30.7 Å². The van der Waals surface area contributed by atoms with Gasteiger partial charge in [0.25, 0.3) is 0 Å². The molecule has 0 bridgehead atoms. The highest BCUT2D eigenvalue weighted by molar-refractivity contribution is 6.30. The fraction of sp³-hybridized carbons (Fsp3) is 0.385. The number of benzene rings is 1. The second-order valence-corrected chi connectivity index (χ2v) is 4.79. The molecule has 0 unspecified atom stereocenters. The molecule has 0 aliphatic rings. The van der Waals surface area contributed by atoms with Crippen LogP contribution in [0.25, 0.3) is 0 Å². The summed E-state index contributed by atoms with van der Waals surface area (Å²) in [5.74, 6) is 1.76. The average molecular weight is 265 g/mol. The fourth-order valence-corrected chi connectivity index (χ4v) is 2.04. The SMILES string of the molecule is CCc1n[nH]c(CN(C)Cc2cccc(Cl)c2)n1. The number of rotatable bonds is 5. The molecule has 1 heterocycles. The number of aromatic nitrogens is 3. The molecule has 5 heteroatoms. The zero-order valence-electron chi connectivity index (χ0n) is 10.7. The maximum absolute atomic E-state index is 5.96. The lowest BCUT2D eigenvalue weighted by atomic mass is 10.2. The number of nitrogens with zero attached hydrogens (tertiary/aromatic N) is 3. The van der Waals surface area contributed by atoms with Crippen LogP contribution in [0.3, 0.4) is 0 Å². The number of H-pyrrole nitrogens is 1. The Hall–Kier alpha value is -1.39. The Morgan fingerprint density at radius 3 is 2.83 bits per heavy atom. The van der Waals surface area contributed by atoms with Crippen LogP contribution in [0.4, 0.5) is 0 Å². The van der Waals surface area contributed by atoms with Gasteiger partial charge < -0.3 is 0 Å². The normalized spacial score (nSPS) is 11.1. The predicted molar refractivity (Wildman–Crippen MR) is 72.4 cm³/mol. The van der Waals surface area contributed by atoms with Crippen LogP contribution in [0, 0.1) is 0 Å². The predicted octanol–water partition coefficient (Wildman–Crippen LogP) is 2.65. The summed E-state index contributed by atoms with van der Waals surface area (Å²) in [5.41, 5.74) is 1.19. The second kappa shape index (κ2) is 5.98. The minimum Gasteiger partial charge on any atom is -0.295 e. The van der Waals surface area contributed by atoms with Crippen LogP contribution in [0.2, 0.25) is 5.02 Å². The lowest BCUT2D eigenvalue weighted by molar-refractivity contribution is 0.311. The molecular formula is C13H17ClN4. The Morgan fingerprint density at radius 1 is 1.33 bits per heavy atom. The molecule has 0 aliphatic heterocycles. The van der Waals surface area contributed by atoms with Gasteiger partial charge in [0, 0.05) is 18.0 Å². The van der Waals surface area contributed by atoms with E-state index in [0.717, 1.165) is 36.2 Å². The van der Waals surface area contributed by atoms with Gasteiger partial charge in [0.15, 0.2) is 0 Å². The van der Waals surface area contributed by atoms with Gasteiger partial charge >= 0.3 is 0 Å². The van der Waals surface area contributed by atoms with Crippen molar-refractivity contribution in [1.82, 2.24) is 20.1 Å². The van der Waals surface area contributed by atoms with E-state index < -0.39 is 0 Å². The molecule has 4 nitrogen and oxygen atoms in total. The van der Waals surface area contributed by atoms with E-state index in [1.165, 1.54) is 5.56 Å². The van der Waals surface area contributed by atoms with Crippen molar-refractivity contribution in [2.75, 3.05) is 7.05 Å².